The molecular formula is C15H14N6O2. The lowest BCUT2D eigenvalue weighted by Crippen LogP contribution is -2.17. The number of pyridine rings is 3. The molecule has 3 rings (SSSR count). The van der Waals surface area contributed by atoms with Crippen LogP contribution in [-0.4, -0.2) is 20.4 Å². The van der Waals surface area contributed by atoms with Crippen molar-refractivity contribution in [1.82, 2.24) is 14.5 Å². The summed E-state index contributed by atoms with van der Waals surface area (Å²) in [4.78, 5) is 31.4. The average molecular weight is 310 g/mol. The van der Waals surface area contributed by atoms with E-state index in [0.717, 1.165) is 0 Å². The van der Waals surface area contributed by atoms with Gasteiger partial charge in [0.05, 0.1) is 10.9 Å². The Morgan fingerprint density at radius 2 is 2.04 bits per heavy atom. The first kappa shape index (κ1) is 14.5. The molecule has 0 atom stereocenters. The van der Waals surface area contributed by atoms with Crippen molar-refractivity contribution in [2.45, 2.75) is 0 Å². The number of hydrogen-bond acceptors (Lipinski definition) is 6. The second kappa shape index (κ2) is 5.41. The molecular weight excluding hydrogens is 296 g/mol. The maximum absolute atomic E-state index is 12.1. The van der Waals surface area contributed by atoms with Gasteiger partial charge in [-0.2, -0.15) is 0 Å². The quantitative estimate of drug-likeness (QED) is 0.654. The minimum absolute atomic E-state index is 0.139. The van der Waals surface area contributed by atoms with Crippen LogP contribution in [0.15, 0.2) is 41.5 Å². The van der Waals surface area contributed by atoms with E-state index in [9.17, 15) is 9.59 Å². The molecule has 0 saturated carbocycles. The zero-order chi connectivity index (χ0) is 16.6. The first-order valence-corrected chi connectivity index (χ1v) is 6.74. The molecule has 0 aromatic carbocycles. The van der Waals surface area contributed by atoms with Crippen LogP contribution in [0.25, 0.3) is 10.8 Å². The van der Waals surface area contributed by atoms with E-state index in [1.54, 1.807) is 37.5 Å². The molecule has 3 aromatic rings. The van der Waals surface area contributed by atoms with Gasteiger partial charge in [0, 0.05) is 19.4 Å². The highest BCUT2D eigenvalue weighted by Gasteiger charge is 2.09. The van der Waals surface area contributed by atoms with E-state index in [2.05, 4.69) is 15.3 Å². The summed E-state index contributed by atoms with van der Waals surface area (Å²) in [6, 6.07) is 6.64. The SMILES string of the molecule is Cn1ccc2cc(Nc3ccc(C(N)=O)cn3)nc(N)c2c1=O. The van der Waals surface area contributed by atoms with Crippen molar-refractivity contribution in [3.05, 3.63) is 52.6 Å². The third-order valence-corrected chi connectivity index (χ3v) is 3.39. The topological polar surface area (TPSA) is 129 Å². The Kier molecular flexibility index (Phi) is 3.41. The number of anilines is 3. The van der Waals surface area contributed by atoms with Gasteiger partial charge in [0.25, 0.3) is 5.56 Å². The van der Waals surface area contributed by atoms with Gasteiger partial charge in [-0.1, -0.05) is 0 Å². The van der Waals surface area contributed by atoms with Gasteiger partial charge in [-0.3, -0.25) is 9.59 Å². The summed E-state index contributed by atoms with van der Waals surface area (Å²) in [5.41, 5.74) is 11.2. The maximum Gasteiger partial charge on any atom is 0.261 e. The summed E-state index contributed by atoms with van der Waals surface area (Å²) in [5, 5.41) is 4.02. The number of nitrogens with zero attached hydrogens (tertiary/aromatic N) is 3. The number of nitrogen functional groups attached to an aromatic ring is 1. The molecule has 3 aromatic heterocycles. The largest absolute Gasteiger partial charge is 0.383 e. The molecule has 1 amide bonds. The number of aromatic nitrogens is 3. The molecule has 0 unspecified atom stereocenters. The Bertz CT molecular complexity index is 962. The van der Waals surface area contributed by atoms with Crippen LogP contribution in [0.3, 0.4) is 0 Å². The van der Waals surface area contributed by atoms with Crippen molar-refractivity contribution in [2.24, 2.45) is 12.8 Å². The van der Waals surface area contributed by atoms with Crippen molar-refractivity contribution in [3.63, 3.8) is 0 Å². The van der Waals surface area contributed by atoms with Crippen LogP contribution < -0.4 is 22.3 Å². The van der Waals surface area contributed by atoms with E-state index >= 15 is 0 Å². The molecule has 0 bridgehead atoms. The highest BCUT2D eigenvalue weighted by atomic mass is 16.1. The van der Waals surface area contributed by atoms with E-state index in [4.69, 9.17) is 11.5 Å². The van der Waals surface area contributed by atoms with E-state index in [1.807, 2.05) is 0 Å². The van der Waals surface area contributed by atoms with Crippen molar-refractivity contribution in [3.8, 4) is 0 Å². The molecule has 0 aliphatic carbocycles. The molecule has 5 N–H and O–H groups in total. The van der Waals surface area contributed by atoms with Gasteiger partial charge in [-0.15, -0.1) is 0 Å². The normalized spacial score (nSPS) is 10.7. The third kappa shape index (κ3) is 2.69. The molecule has 0 saturated heterocycles. The van der Waals surface area contributed by atoms with Crippen molar-refractivity contribution in [2.75, 3.05) is 11.1 Å². The zero-order valence-corrected chi connectivity index (χ0v) is 12.3. The molecule has 3 heterocycles. The number of aryl methyl sites for hydroxylation is 1. The summed E-state index contributed by atoms with van der Waals surface area (Å²) in [5.74, 6) is 0.514. The standard InChI is InChI=1S/C15H14N6O2/c1-21-5-4-8-6-11(20-13(16)12(8)15(21)23)19-10-3-2-9(7-18-10)14(17)22/h2-7H,1H3,(H2,17,22)(H3,16,18,19,20). The Hall–Kier alpha value is -3.42. The van der Waals surface area contributed by atoms with Gasteiger partial charge in [-0.05, 0) is 29.7 Å². The number of fused-ring (bicyclic) bond motifs is 1. The van der Waals surface area contributed by atoms with E-state index in [-0.39, 0.29) is 11.4 Å². The van der Waals surface area contributed by atoms with Crippen LogP contribution in [0.4, 0.5) is 17.5 Å². The minimum Gasteiger partial charge on any atom is -0.383 e. The molecule has 0 radical (unpaired) electrons. The van der Waals surface area contributed by atoms with Crippen molar-refractivity contribution >= 4 is 34.1 Å². The summed E-state index contributed by atoms with van der Waals surface area (Å²) >= 11 is 0. The van der Waals surface area contributed by atoms with Crippen LogP contribution in [-0.2, 0) is 7.05 Å². The molecule has 0 spiro atoms. The van der Waals surface area contributed by atoms with E-state index < -0.39 is 5.91 Å². The number of nitrogens with two attached hydrogens (primary N) is 2. The predicted molar refractivity (Wildman–Crippen MR) is 87.4 cm³/mol. The Morgan fingerprint density at radius 3 is 2.70 bits per heavy atom. The highest BCUT2D eigenvalue weighted by molar-refractivity contribution is 5.93. The number of carbonyl (C=O) groups excluding carboxylic acids is 1. The minimum atomic E-state index is -0.548. The predicted octanol–water partition coefficient (Wildman–Crippen LogP) is 0.753. The van der Waals surface area contributed by atoms with Crippen LogP contribution in [0.5, 0.6) is 0 Å². The number of carbonyl (C=O) groups is 1. The second-order valence-electron chi connectivity index (χ2n) is 5.01. The summed E-state index contributed by atoms with van der Waals surface area (Å²) in [7, 11) is 1.65. The Balaban J connectivity index is 1.99. The molecule has 8 heteroatoms. The Labute approximate surface area is 130 Å². The van der Waals surface area contributed by atoms with Gasteiger partial charge in [0.2, 0.25) is 5.91 Å². The van der Waals surface area contributed by atoms with Gasteiger partial charge in [-0.25, -0.2) is 9.97 Å². The monoisotopic (exact) mass is 310 g/mol. The van der Waals surface area contributed by atoms with Crippen LogP contribution >= 0.6 is 0 Å². The first-order valence-electron chi connectivity index (χ1n) is 6.74. The fourth-order valence-corrected chi connectivity index (χ4v) is 2.19. The molecule has 0 aliphatic rings. The maximum atomic E-state index is 12.1. The fourth-order valence-electron chi connectivity index (χ4n) is 2.19. The molecule has 0 fully saturated rings. The molecule has 23 heavy (non-hydrogen) atoms. The lowest BCUT2D eigenvalue weighted by Gasteiger charge is -2.09. The highest BCUT2D eigenvalue weighted by Crippen LogP contribution is 2.21. The molecule has 0 aliphatic heterocycles. The average Bonchev–Trinajstić information content (AvgIpc) is 2.51. The number of rotatable bonds is 3. The first-order chi connectivity index (χ1) is 11.0. The zero-order valence-electron chi connectivity index (χ0n) is 12.3. The van der Waals surface area contributed by atoms with Gasteiger partial charge >= 0.3 is 0 Å². The van der Waals surface area contributed by atoms with Crippen LogP contribution in [0.2, 0.25) is 0 Å². The number of nitrogens with one attached hydrogen (secondary N) is 1. The van der Waals surface area contributed by atoms with Crippen LogP contribution in [0, 0.1) is 0 Å². The van der Waals surface area contributed by atoms with E-state index in [0.29, 0.717) is 28.0 Å². The molecule has 8 nitrogen and oxygen atoms in total. The summed E-state index contributed by atoms with van der Waals surface area (Å²) in [6.45, 7) is 0. The second-order valence-corrected chi connectivity index (χ2v) is 5.01. The van der Waals surface area contributed by atoms with Crippen LogP contribution in [0.1, 0.15) is 10.4 Å². The summed E-state index contributed by atoms with van der Waals surface area (Å²) in [6.07, 6.45) is 3.03. The van der Waals surface area contributed by atoms with Gasteiger partial charge in [0.1, 0.15) is 17.5 Å². The number of hydrogen-bond donors (Lipinski definition) is 3. The van der Waals surface area contributed by atoms with Crippen molar-refractivity contribution in [1.29, 1.82) is 0 Å². The lowest BCUT2D eigenvalue weighted by atomic mass is 10.2. The van der Waals surface area contributed by atoms with Gasteiger partial charge < -0.3 is 21.4 Å². The summed E-state index contributed by atoms with van der Waals surface area (Å²) < 4.78 is 1.44. The smallest absolute Gasteiger partial charge is 0.261 e. The number of amides is 1. The third-order valence-electron chi connectivity index (χ3n) is 3.39. The number of primary amides is 1. The Morgan fingerprint density at radius 1 is 1.26 bits per heavy atom. The fraction of sp³-hybridized carbons (Fsp3) is 0.0667. The van der Waals surface area contributed by atoms with Gasteiger partial charge in [0.15, 0.2) is 0 Å². The van der Waals surface area contributed by atoms with E-state index in [1.165, 1.54) is 10.8 Å². The van der Waals surface area contributed by atoms with Crippen molar-refractivity contribution < 1.29 is 4.79 Å². The lowest BCUT2D eigenvalue weighted by molar-refractivity contribution is 0.1000. The molecule has 116 valence electrons.